The number of nitrogens with zero attached hydrogens (tertiary/aromatic N) is 2. The molecular weight excluding hydrogens is 306 g/mol. The van der Waals surface area contributed by atoms with Crippen molar-refractivity contribution in [2.45, 2.75) is 4.90 Å². The number of sulfonamides is 1. The van der Waals surface area contributed by atoms with Gasteiger partial charge in [-0.3, -0.25) is 14.8 Å². The van der Waals surface area contributed by atoms with E-state index in [0.29, 0.717) is 0 Å². The molecule has 1 N–H and O–H groups in total. The second-order valence-electron chi connectivity index (χ2n) is 3.71. The molecule has 1 heterocycles. The molecule has 7 nitrogen and oxygen atoms in total. The minimum Gasteiger partial charge on any atom is -0.263 e. The Hall–Kier alpha value is -2.19. The number of nitro groups is 1. The summed E-state index contributed by atoms with van der Waals surface area (Å²) in [4.78, 5) is 13.5. The van der Waals surface area contributed by atoms with Crippen LogP contribution in [0.3, 0.4) is 0 Å². The maximum Gasteiger partial charge on any atom is 0.270 e. The van der Waals surface area contributed by atoms with Crippen LogP contribution >= 0.6 is 11.6 Å². The number of anilines is 1. The van der Waals surface area contributed by atoms with Gasteiger partial charge in [0, 0.05) is 12.1 Å². The molecule has 0 spiro atoms. The van der Waals surface area contributed by atoms with Gasteiger partial charge in [-0.2, -0.15) is 0 Å². The predicted octanol–water partition coefficient (Wildman–Crippen LogP) is 2.44. The molecule has 9 heteroatoms. The second kappa shape index (κ2) is 5.43. The Morgan fingerprint density at radius 2 is 1.90 bits per heavy atom. The largest absolute Gasteiger partial charge is 0.270 e. The summed E-state index contributed by atoms with van der Waals surface area (Å²) in [6, 6.07) is 9.15. The molecule has 2 rings (SSSR count). The minimum absolute atomic E-state index is 0.0315. The average Bonchev–Trinajstić information content (AvgIpc) is 2.38. The van der Waals surface area contributed by atoms with E-state index in [1.165, 1.54) is 36.4 Å². The Kier molecular flexibility index (Phi) is 3.86. The van der Waals surface area contributed by atoms with Gasteiger partial charge in [0.1, 0.15) is 11.0 Å². The zero-order chi connectivity index (χ0) is 14.8. The van der Waals surface area contributed by atoms with Gasteiger partial charge in [-0.15, -0.1) is 0 Å². The number of rotatable bonds is 4. The van der Waals surface area contributed by atoms with Crippen LogP contribution in [-0.4, -0.2) is 18.3 Å². The van der Waals surface area contributed by atoms with Gasteiger partial charge in [-0.05, 0) is 18.2 Å². The molecule has 0 bridgehead atoms. The number of nitro benzene ring substituents is 1. The van der Waals surface area contributed by atoms with E-state index in [1.54, 1.807) is 0 Å². The third-order valence-electron chi connectivity index (χ3n) is 2.29. The van der Waals surface area contributed by atoms with Gasteiger partial charge in [-0.1, -0.05) is 23.7 Å². The Labute approximate surface area is 119 Å². The summed E-state index contributed by atoms with van der Waals surface area (Å²) in [7, 11) is -3.96. The number of halogens is 1. The molecule has 1 aromatic carbocycles. The fourth-order valence-corrected chi connectivity index (χ4v) is 2.63. The van der Waals surface area contributed by atoms with Crippen LogP contribution in [-0.2, 0) is 10.0 Å². The molecule has 2 aromatic rings. The number of benzene rings is 1. The first kappa shape index (κ1) is 14.2. The molecule has 0 fully saturated rings. The standard InChI is InChI=1S/C11H8ClN3O4S/c12-10-5-2-6-11(13-10)14-20(18,19)9-4-1-3-8(7-9)15(16)17/h1-7H,(H,13,14). The van der Waals surface area contributed by atoms with Crippen LogP contribution in [0, 0.1) is 10.1 Å². The van der Waals surface area contributed by atoms with Gasteiger partial charge in [0.05, 0.1) is 9.82 Å². The average molecular weight is 314 g/mol. The van der Waals surface area contributed by atoms with E-state index in [2.05, 4.69) is 9.71 Å². The number of hydrogen-bond donors (Lipinski definition) is 1. The third kappa shape index (κ3) is 3.22. The van der Waals surface area contributed by atoms with Crippen molar-refractivity contribution in [3.8, 4) is 0 Å². The normalized spacial score (nSPS) is 11.1. The molecule has 0 amide bonds. The zero-order valence-electron chi connectivity index (χ0n) is 9.86. The van der Waals surface area contributed by atoms with Crippen LogP contribution in [0.25, 0.3) is 0 Å². The van der Waals surface area contributed by atoms with Crippen molar-refractivity contribution < 1.29 is 13.3 Å². The van der Waals surface area contributed by atoms with E-state index in [1.807, 2.05) is 0 Å². The summed E-state index contributed by atoms with van der Waals surface area (Å²) in [6.07, 6.45) is 0. The molecule has 0 aliphatic carbocycles. The molecule has 20 heavy (non-hydrogen) atoms. The van der Waals surface area contributed by atoms with E-state index in [0.717, 1.165) is 6.07 Å². The molecule has 1 aromatic heterocycles. The van der Waals surface area contributed by atoms with Crippen LogP contribution in [0.15, 0.2) is 47.4 Å². The molecule has 0 unspecified atom stereocenters. The van der Waals surface area contributed by atoms with Crippen LogP contribution in [0.2, 0.25) is 5.15 Å². The maximum atomic E-state index is 12.1. The van der Waals surface area contributed by atoms with Crippen molar-refractivity contribution in [3.05, 3.63) is 57.7 Å². The van der Waals surface area contributed by atoms with Gasteiger partial charge < -0.3 is 0 Å². The number of non-ortho nitro benzene ring substituents is 1. The van der Waals surface area contributed by atoms with Crippen LogP contribution in [0.4, 0.5) is 11.5 Å². The lowest BCUT2D eigenvalue weighted by molar-refractivity contribution is -0.385. The van der Waals surface area contributed by atoms with Gasteiger partial charge in [0.25, 0.3) is 15.7 Å². The highest BCUT2D eigenvalue weighted by Crippen LogP contribution is 2.20. The second-order valence-corrected chi connectivity index (χ2v) is 5.78. The summed E-state index contributed by atoms with van der Waals surface area (Å²) < 4.78 is 26.3. The van der Waals surface area contributed by atoms with E-state index >= 15 is 0 Å². The fraction of sp³-hybridized carbons (Fsp3) is 0. The lowest BCUT2D eigenvalue weighted by atomic mass is 10.3. The Bertz CT molecular complexity index is 764. The Morgan fingerprint density at radius 3 is 2.55 bits per heavy atom. The van der Waals surface area contributed by atoms with Crippen molar-refractivity contribution >= 4 is 33.1 Å². The summed E-state index contributed by atoms with van der Waals surface area (Å²) >= 11 is 5.65. The molecule has 0 radical (unpaired) electrons. The Morgan fingerprint density at radius 1 is 1.20 bits per heavy atom. The zero-order valence-corrected chi connectivity index (χ0v) is 11.4. The van der Waals surface area contributed by atoms with Crippen molar-refractivity contribution in [1.29, 1.82) is 0 Å². The minimum atomic E-state index is -3.96. The molecule has 104 valence electrons. The van der Waals surface area contributed by atoms with E-state index in [-0.39, 0.29) is 21.6 Å². The Balaban J connectivity index is 2.35. The van der Waals surface area contributed by atoms with Crippen LogP contribution in [0.5, 0.6) is 0 Å². The number of pyridine rings is 1. The van der Waals surface area contributed by atoms with Crippen molar-refractivity contribution in [2.24, 2.45) is 0 Å². The van der Waals surface area contributed by atoms with Crippen LogP contribution in [0.1, 0.15) is 0 Å². The van der Waals surface area contributed by atoms with E-state index in [4.69, 9.17) is 11.6 Å². The summed E-state index contributed by atoms with van der Waals surface area (Å²) in [5, 5.41) is 10.8. The molecule has 0 saturated carbocycles. The lowest BCUT2D eigenvalue weighted by Crippen LogP contribution is -2.14. The molecule has 0 aliphatic heterocycles. The first-order valence-electron chi connectivity index (χ1n) is 5.28. The van der Waals surface area contributed by atoms with Gasteiger partial charge in [0.2, 0.25) is 0 Å². The first-order chi connectivity index (χ1) is 9.38. The monoisotopic (exact) mass is 313 g/mol. The summed E-state index contributed by atoms with van der Waals surface area (Å²) in [6.45, 7) is 0. The molecule has 0 aliphatic rings. The first-order valence-corrected chi connectivity index (χ1v) is 7.14. The molecular formula is C11H8ClN3O4S. The maximum absolute atomic E-state index is 12.1. The number of aromatic nitrogens is 1. The van der Waals surface area contributed by atoms with Gasteiger partial charge in [-0.25, -0.2) is 13.4 Å². The highest BCUT2D eigenvalue weighted by Gasteiger charge is 2.18. The highest BCUT2D eigenvalue weighted by atomic mass is 35.5. The molecule has 0 atom stereocenters. The number of hydrogen-bond acceptors (Lipinski definition) is 5. The smallest absolute Gasteiger partial charge is 0.263 e. The predicted molar refractivity (Wildman–Crippen MR) is 73.2 cm³/mol. The van der Waals surface area contributed by atoms with E-state index in [9.17, 15) is 18.5 Å². The van der Waals surface area contributed by atoms with Crippen molar-refractivity contribution in [1.82, 2.24) is 4.98 Å². The van der Waals surface area contributed by atoms with Crippen molar-refractivity contribution in [3.63, 3.8) is 0 Å². The quantitative estimate of drug-likeness (QED) is 0.530. The lowest BCUT2D eigenvalue weighted by Gasteiger charge is -2.07. The van der Waals surface area contributed by atoms with Crippen molar-refractivity contribution in [2.75, 3.05) is 4.72 Å². The SMILES string of the molecule is O=[N+]([O-])c1cccc(S(=O)(=O)Nc2cccc(Cl)n2)c1. The molecule has 0 saturated heterocycles. The summed E-state index contributed by atoms with van der Waals surface area (Å²) in [5.74, 6) is 0.0315. The highest BCUT2D eigenvalue weighted by molar-refractivity contribution is 7.92. The number of nitrogens with one attached hydrogen (secondary N) is 1. The summed E-state index contributed by atoms with van der Waals surface area (Å²) in [5.41, 5.74) is -0.313. The van der Waals surface area contributed by atoms with E-state index < -0.39 is 14.9 Å². The van der Waals surface area contributed by atoms with Gasteiger partial charge >= 0.3 is 0 Å². The topological polar surface area (TPSA) is 102 Å². The van der Waals surface area contributed by atoms with Crippen LogP contribution < -0.4 is 4.72 Å². The van der Waals surface area contributed by atoms with Gasteiger partial charge in [0.15, 0.2) is 0 Å². The fourth-order valence-electron chi connectivity index (χ4n) is 1.43. The third-order valence-corrected chi connectivity index (χ3v) is 3.86.